The van der Waals surface area contributed by atoms with Crippen molar-refractivity contribution in [3.63, 3.8) is 0 Å². The molecule has 3 nitrogen and oxygen atoms in total. The van der Waals surface area contributed by atoms with Crippen molar-refractivity contribution in [2.75, 3.05) is 0 Å². The topological polar surface area (TPSA) is 9.72 Å². The van der Waals surface area contributed by atoms with Gasteiger partial charge in [-0.1, -0.05) is 308 Å². The van der Waals surface area contributed by atoms with Crippen LogP contribution in [0.5, 0.6) is 0 Å². The second kappa shape index (κ2) is 32.6. The smallest absolute Gasteiger partial charge is 0.156 e. The van der Waals surface area contributed by atoms with Crippen LogP contribution in [0.4, 0.5) is 0 Å². The Bertz CT molecular complexity index is 2820. The van der Waals surface area contributed by atoms with E-state index in [0.29, 0.717) is 0 Å². The van der Waals surface area contributed by atoms with Crippen LogP contribution in [0.15, 0.2) is 0 Å². The maximum absolute atomic E-state index is 4.14. The Morgan fingerprint density at radius 1 is 0.157 bits per heavy atom. The molecule has 27 atom stereocenters. The predicted octanol–water partition coefficient (Wildman–Crippen LogP) is 27.9. The lowest BCUT2D eigenvalue weighted by Gasteiger charge is -2.73. The van der Waals surface area contributed by atoms with E-state index in [0.717, 1.165) is 232 Å². The third-order valence-corrected chi connectivity index (χ3v) is 44.1. The molecule has 3 aliphatic heterocycles. The maximum Gasteiger partial charge on any atom is 0.156 e. The third-order valence-electron chi connectivity index (χ3n) is 44.1. The Hall–Kier alpha value is -0.0551. The minimum Gasteiger partial charge on any atom is -0.295 e. The molecule has 22 rings (SSSR count). The van der Waals surface area contributed by atoms with E-state index < -0.39 is 0 Å². The van der Waals surface area contributed by atoms with Crippen molar-refractivity contribution in [1.82, 2.24) is 14.7 Å². The van der Waals surface area contributed by atoms with Gasteiger partial charge in [0, 0.05) is 54.4 Å². The van der Waals surface area contributed by atoms with E-state index in [2.05, 4.69) is 14.7 Å². The van der Waals surface area contributed by atoms with Gasteiger partial charge in [0.2, 0.25) is 0 Å². The van der Waals surface area contributed by atoms with Gasteiger partial charge in [0.1, 0.15) is 0 Å². The summed E-state index contributed by atoms with van der Waals surface area (Å²) in [5.41, 5.74) is 0. The van der Waals surface area contributed by atoms with E-state index in [4.69, 9.17) is 0 Å². The SMILES string of the molecule is C1CCC(C2CCC3C(C2)B2C4CCC(C5CC6CCCC7C8CCCC9CCCC(C(C5)C67)C98)CC4N(C4C(C5CCCCC5)CC(C5CCCCC5)CC4C4CCCCC4)C4CC(N5C6CCCCC6C6CCCCC65)CC(C24)N3C2C(C3CCCCC3)CC(C3CCCCC3)CC2C2CCCCC2)CC1. The second-order valence-corrected chi connectivity index (χ2v) is 47.6. The lowest BCUT2D eigenvalue weighted by Crippen LogP contribution is -2.78. The Morgan fingerprint density at radius 2 is 0.500 bits per heavy atom. The molecule has 19 aliphatic carbocycles. The zero-order valence-corrected chi connectivity index (χ0v) is 70.5. The second-order valence-electron chi connectivity index (χ2n) is 47.6. The molecule has 604 valence electrons. The van der Waals surface area contributed by atoms with Gasteiger partial charge >= 0.3 is 0 Å². The van der Waals surface area contributed by atoms with Crippen molar-refractivity contribution in [2.45, 2.75) is 496 Å². The standard InChI is InChI=1S/C104H170BN3/c1-8-29-67(30-9-1)75-54-56-96-93(63-75)105-92-55-53-76(78-57-77-45-28-49-85-84-48-26-43-74-44-27-50-86(100(74)84)91(62-78)101(77)85)64-97(92)108(104-89(72-39-18-6-19-40-72)60-80(69-33-12-3-13-34-69)61-90(104)73-41-20-7-21-42-73)99-66-81(106-94-51-24-22-46-82(94)83-47-23-25-52-95(83)106)65-98(102(99)105)107(96)103-87(70-35-14-4-15-36-70)58-79(68-31-10-2-11-32-68)59-88(103)71-37-16-5-17-38-71/h67-104H,1-66H2. The molecule has 0 aromatic rings. The molecule has 0 N–H and O–H groups in total. The fourth-order valence-electron chi connectivity index (χ4n) is 40.7. The molecule has 0 aromatic carbocycles. The summed E-state index contributed by atoms with van der Waals surface area (Å²) in [7, 11) is 0. The molecule has 0 spiro atoms. The minimum absolute atomic E-state index is 0.829. The van der Waals surface area contributed by atoms with Crippen LogP contribution in [0.3, 0.4) is 0 Å². The summed E-state index contributed by atoms with van der Waals surface area (Å²) >= 11 is 0. The summed E-state index contributed by atoms with van der Waals surface area (Å²) in [6.45, 7) is 1.01. The number of hydrogen-bond acceptors (Lipinski definition) is 3. The van der Waals surface area contributed by atoms with Crippen molar-refractivity contribution >= 4 is 6.71 Å². The normalized spacial score (nSPS) is 51.0. The Kier molecular flexibility index (Phi) is 22.4. The molecule has 27 unspecified atom stereocenters. The fourth-order valence-corrected chi connectivity index (χ4v) is 40.7. The molecule has 19 saturated carbocycles. The van der Waals surface area contributed by atoms with Crippen molar-refractivity contribution in [3.05, 3.63) is 0 Å². The molecule has 108 heavy (non-hydrogen) atoms. The van der Waals surface area contributed by atoms with Crippen LogP contribution in [0.2, 0.25) is 17.5 Å². The molecule has 0 bridgehead atoms. The summed E-state index contributed by atoms with van der Waals surface area (Å²) in [6, 6.07) is 7.87. The first-order valence-electron chi connectivity index (χ1n) is 52.9. The lowest BCUT2D eigenvalue weighted by atomic mass is 9.18. The van der Waals surface area contributed by atoms with E-state index >= 15 is 0 Å². The van der Waals surface area contributed by atoms with Gasteiger partial charge < -0.3 is 0 Å². The average molecular weight is 1470 g/mol. The predicted molar refractivity (Wildman–Crippen MR) is 452 cm³/mol. The van der Waals surface area contributed by atoms with Crippen molar-refractivity contribution in [1.29, 1.82) is 0 Å². The van der Waals surface area contributed by atoms with Crippen molar-refractivity contribution < 1.29 is 0 Å². The largest absolute Gasteiger partial charge is 0.295 e. The fraction of sp³-hybridized carbons (Fsp3) is 1.00. The van der Waals surface area contributed by atoms with E-state index in [1.807, 2.05) is 0 Å². The highest BCUT2D eigenvalue weighted by Crippen LogP contribution is 2.72. The molecule has 4 heteroatoms. The summed E-state index contributed by atoms with van der Waals surface area (Å²) in [6.07, 6.45) is 106. The van der Waals surface area contributed by atoms with Crippen LogP contribution < -0.4 is 0 Å². The van der Waals surface area contributed by atoms with Gasteiger partial charge in [-0.25, -0.2) is 0 Å². The summed E-state index contributed by atoms with van der Waals surface area (Å²) in [5.74, 6) is 30.1. The zero-order valence-electron chi connectivity index (χ0n) is 70.5. The average Bonchev–Trinajstić information content (AvgIpc) is 0.878. The van der Waals surface area contributed by atoms with E-state index in [1.54, 1.807) is 424 Å². The molecule has 3 heterocycles. The molecule has 0 radical (unpaired) electrons. The first-order chi connectivity index (χ1) is 53.6. The molecular weight excluding hydrogens is 1300 g/mol. The summed E-state index contributed by atoms with van der Waals surface area (Å²) < 4.78 is 0. The van der Waals surface area contributed by atoms with Crippen molar-refractivity contribution in [2.24, 2.45) is 154 Å². The highest BCUT2D eigenvalue weighted by Gasteiger charge is 2.71. The van der Waals surface area contributed by atoms with Gasteiger partial charge in [-0.2, -0.15) is 0 Å². The monoisotopic (exact) mass is 1470 g/mol. The van der Waals surface area contributed by atoms with Crippen LogP contribution in [-0.2, 0) is 0 Å². The van der Waals surface area contributed by atoms with Gasteiger partial charge in [0.15, 0.2) is 6.71 Å². The van der Waals surface area contributed by atoms with E-state index in [9.17, 15) is 0 Å². The maximum atomic E-state index is 4.14. The number of fused-ring (bicyclic) bond motifs is 9. The number of likely N-dealkylation sites (tertiary alicyclic amines) is 1. The minimum atomic E-state index is 0.829. The molecule has 0 amide bonds. The Morgan fingerprint density at radius 3 is 0.972 bits per heavy atom. The number of hydrogen-bond donors (Lipinski definition) is 0. The quantitative estimate of drug-likeness (QED) is 0.191. The molecule has 22 aliphatic rings. The van der Waals surface area contributed by atoms with Crippen LogP contribution in [0.25, 0.3) is 0 Å². The lowest BCUT2D eigenvalue weighted by molar-refractivity contribution is -0.157. The number of nitrogens with zero attached hydrogens (tertiary/aromatic N) is 3. The molecule has 0 aromatic heterocycles. The van der Waals surface area contributed by atoms with Crippen LogP contribution in [0, 0.1) is 154 Å². The van der Waals surface area contributed by atoms with Gasteiger partial charge in [-0.3, -0.25) is 14.7 Å². The van der Waals surface area contributed by atoms with E-state index in [-0.39, 0.29) is 0 Å². The third kappa shape index (κ3) is 13.5. The van der Waals surface area contributed by atoms with Crippen LogP contribution in [-0.4, -0.2) is 75.8 Å². The first-order valence-corrected chi connectivity index (χ1v) is 52.9. The van der Waals surface area contributed by atoms with Gasteiger partial charge in [0.25, 0.3) is 0 Å². The first kappa shape index (κ1) is 74.3. The van der Waals surface area contributed by atoms with Gasteiger partial charge in [-0.05, 0) is 287 Å². The van der Waals surface area contributed by atoms with Gasteiger partial charge in [0.05, 0.1) is 0 Å². The highest BCUT2D eigenvalue weighted by molar-refractivity contribution is 6.65. The summed E-state index contributed by atoms with van der Waals surface area (Å²) in [4.78, 5) is 11.9. The highest BCUT2D eigenvalue weighted by atomic mass is 15.3. The molecule has 3 saturated heterocycles. The Balaban J connectivity index is 0.733. The zero-order chi connectivity index (χ0) is 70.9. The number of rotatable bonds is 11. The van der Waals surface area contributed by atoms with Crippen molar-refractivity contribution in [3.8, 4) is 0 Å². The Labute approximate surface area is 666 Å². The summed E-state index contributed by atoms with van der Waals surface area (Å²) in [5, 5.41) is 0. The van der Waals surface area contributed by atoms with Gasteiger partial charge in [-0.15, -0.1) is 0 Å². The molecular formula is C104H170BN3. The molecule has 22 fully saturated rings. The van der Waals surface area contributed by atoms with E-state index in [1.165, 1.54) is 0 Å². The van der Waals surface area contributed by atoms with Crippen LogP contribution in [0.1, 0.15) is 424 Å². The van der Waals surface area contributed by atoms with Crippen LogP contribution >= 0.6 is 0 Å².